The quantitative estimate of drug-likeness (QED) is 0.699. The average molecular weight is 440 g/mol. The van der Waals surface area contributed by atoms with E-state index in [0.717, 1.165) is 45.1 Å². The van der Waals surface area contributed by atoms with Crippen LogP contribution in [0.5, 0.6) is 5.75 Å². The molecule has 3 aliphatic rings. The van der Waals surface area contributed by atoms with E-state index in [1.54, 1.807) is 18.4 Å². The van der Waals surface area contributed by atoms with Crippen molar-refractivity contribution in [2.45, 2.75) is 44.9 Å². The molecule has 140 valence electrons. The lowest BCUT2D eigenvalue weighted by atomic mass is 9.88. The van der Waals surface area contributed by atoms with Gasteiger partial charge in [-0.15, -0.1) is 0 Å². The summed E-state index contributed by atoms with van der Waals surface area (Å²) in [5.74, 6) is 0.781. The number of methoxy groups -OCH3 is 1. The number of fused-ring (bicyclic) bond motifs is 3. The van der Waals surface area contributed by atoms with Gasteiger partial charge in [0.25, 0.3) is 0 Å². The molecule has 6 nitrogen and oxygen atoms in total. The predicted octanol–water partition coefficient (Wildman–Crippen LogP) is 4.27. The Labute approximate surface area is 165 Å². The lowest BCUT2D eigenvalue weighted by molar-refractivity contribution is -0.0379. The fourth-order valence-corrected chi connectivity index (χ4v) is 5.19. The molecular formula is C18H22BrN3O3S. The number of benzene rings is 1. The van der Waals surface area contributed by atoms with E-state index in [1.807, 2.05) is 37.8 Å². The number of hydrogen-bond donors (Lipinski definition) is 0. The molecule has 1 aromatic heterocycles. The summed E-state index contributed by atoms with van der Waals surface area (Å²) in [7, 11) is 1.66. The van der Waals surface area contributed by atoms with Gasteiger partial charge in [-0.1, -0.05) is 11.3 Å². The van der Waals surface area contributed by atoms with Gasteiger partial charge in [-0.3, -0.25) is 4.90 Å². The summed E-state index contributed by atoms with van der Waals surface area (Å²) >= 11 is 5.26. The van der Waals surface area contributed by atoms with E-state index in [2.05, 4.69) is 20.8 Å². The third-order valence-corrected chi connectivity index (χ3v) is 6.81. The summed E-state index contributed by atoms with van der Waals surface area (Å²) < 4.78 is 13.1. The molecule has 3 saturated heterocycles. The highest BCUT2D eigenvalue weighted by Crippen LogP contribution is 2.42. The van der Waals surface area contributed by atoms with Gasteiger partial charge in [0, 0.05) is 17.6 Å². The fourth-order valence-electron chi connectivity index (χ4n) is 3.62. The van der Waals surface area contributed by atoms with Crippen LogP contribution in [-0.4, -0.2) is 53.9 Å². The number of hydrogen-bond acceptors (Lipinski definition) is 6. The molecule has 4 heterocycles. The number of piperazine rings is 1. The minimum absolute atomic E-state index is 0.195. The Hall–Kier alpha value is -1.54. The third kappa shape index (κ3) is 3.03. The van der Waals surface area contributed by atoms with Crippen molar-refractivity contribution in [1.82, 2.24) is 9.88 Å². The van der Waals surface area contributed by atoms with Gasteiger partial charge in [0.05, 0.1) is 23.9 Å². The maximum Gasteiger partial charge on any atom is 0.410 e. The summed E-state index contributed by atoms with van der Waals surface area (Å²) in [5, 5.41) is 0.976. The molecule has 8 heteroatoms. The van der Waals surface area contributed by atoms with Gasteiger partial charge < -0.3 is 14.4 Å². The van der Waals surface area contributed by atoms with Crippen LogP contribution >= 0.6 is 27.3 Å². The van der Waals surface area contributed by atoms with Crippen molar-refractivity contribution in [2.24, 2.45) is 0 Å². The lowest BCUT2D eigenvalue weighted by Gasteiger charge is -2.55. The molecule has 0 spiro atoms. The Morgan fingerprint density at radius 1 is 1.31 bits per heavy atom. The van der Waals surface area contributed by atoms with E-state index in [4.69, 9.17) is 14.5 Å². The predicted molar refractivity (Wildman–Crippen MR) is 106 cm³/mol. The number of aromatic nitrogens is 1. The molecule has 1 aromatic carbocycles. The molecule has 0 aliphatic carbocycles. The molecule has 26 heavy (non-hydrogen) atoms. The number of thiazole rings is 1. The van der Waals surface area contributed by atoms with E-state index < -0.39 is 5.60 Å². The van der Waals surface area contributed by atoms with Crippen LogP contribution in [0.2, 0.25) is 0 Å². The van der Waals surface area contributed by atoms with Gasteiger partial charge in [0.1, 0.15) is 16.9 Å². The van der Waals surface area contributed by atoms with Crippen molar-refractivity contribution in [2.75, 3.05) is 25.1 Å². The smallest absolute Gasteiger partial charge is 0.410 e. The maximum absolute atomic E-state index is 12.4. The number of ether oxygens (including phenoxy) is 2. The van der Waals surface area contributed by atoms with Crippen molar-refractivity contribution < 1.29 is 14.3 Å². The van der Waals surface area contributed by atoms with E-state index in [9.17, 15) is 4.79 Å². The van der Waals surface area contributed by atoms with Crippen molar-refractivity contribution in [3.8, 4) is 5.75 Å². The molecule has 2 unspecified atom stereocenters. The van der Waals surface area contributed by atoms with Crippen LogP contribution in [0.3, 0.4) is 0 Å². The number of halogens is 1. The van der Waals surface area contributed by atoms with E-state index in [0.29, 0.717) is 0 Å². The number of carbonyl (C=O) groups is 1. The summed E-state index contributed by atoms with van der Waals surface area (Å²) in [6.07, 6.45) is 0.834. The number of nitrogens with zero attached hydrogens (tertiary/aromatic N) is 3. The van der Waals surface area contributed by atoms with Crippen LogP contribution in [0.15, 0.2) is 16.6 Å². The monoisotopic (exact) mass is 439 g/mol. The SMILES string of the molecule is COc1ccc(Br)c2sc(N3CC4CC(C3)N4C(=O)OC(C)(C)C)nc12. The molecule has 0 radical (unpaired) electrons. The lowest BCUT2D eigenvalue weighted by Crippen LogP contribution is -2.70. The highest BCUT2D eigenvalue weighted by Gasteiger charge is 2.49. The third-order valence-electron chi connectivity index (χ3n) is 4.74. The Balaban J connectivity index is 1.53. The zero-order valence-corrected chi connectivity index (χ0v) is 17.7. The average Bonchev–Trinajstić information content (AvgIpc) is 3.00. The number of rotatable bonds is 2. The normalized spacial score (nSPS) is 22.3. The fraction of sp³-hybridized carbons (Fsp3) is 0.556. The first kappa shape index (κ1) is 17.9. The first-order chi connectivity index (χ1) is 12.3. The molecular weight excluding hydrogens is 418 g/mol. The molecule has 2 bridgehead atoms. The van der Waals surface area contributed by atoms with Gasteiger partial charge >= 0.3 is 6.09 Å². The second-order valence-electron chi connectivity index (χ2n) is 7.76. The largest absolute Gasteiger partial charge is 0.494 e. The first-order valence-electron chi connectivity index (χ1n) is 8.66. The Kier molecular flexibility index (Phi) is 4.30. The molecule has 2 atom stereocenters. The minimum Gasteiger partial charge on any atom is -0.494 e. The van der Waals surface area contributed by atoms with Gasteiger partial charge in [-0.2, -0.15) is 0 Å². The number of carbonyl (C=O) groups excluding carboxylic acids is 1. The molecule has 0 saturated carbocycles. The Morgan fingerprint density at radius 3 is 2.62 bits per heavy atom. The van der Waals surface area contributed by atoms with Crippen LogP contribution in [0.4, 0.5) is 9.93 Å². The van der Waals surface area contributed by atoms with Crippen molar-refractivity contribution in [3.63, 3.8) is 0 Å². The highest BCUT2D eigenvalue weighted by atomic mass is 79.9. The molecule has 0 N–H and O–H groups in total. The standard InChI is InChI=1S/C18H22BrN3O3S/c1-18(2,3)25-17(23)22-10-7-11(22)9-21(8-10)16-20-14-13(24-4)6-5-12(19)15(14)26-16/h5-6,10-11H,7-9H2,1-4H3. The van der Waals surface area contributed by atoms with E-state index in [-0.39, 0.29) is 18.2 Å². The second-order valence-corrected chi connectivity index (χ2v) is 9.59. The Bertz CT molecular complexity index is 851. The Morgan fingerprint density at radius 2 is 2.00 bits per heavy atom. The molecule has 1 amide bonds. The van der Waals surface area contributed by atoms with Crippen LogP contribution in [0.25, 0.3) is 10.2 Å². The van der Waals surface area contributed by atoms with Crippen molar-refractivity contribution in [3.05, 3.63) is 16.6 Å². The molecule has 3 fully saturated rings. The van der Waals surface area contributed by atoms with Crippen molar-refractivity contribution in [1.29, 1.82) is 0 Å². The molecule has 3 aliphatic heterocycles. The zero-order chi connectivity index (χ0) is 18.6. The summed E-state index contributed by atoms with van der Waals surface area (Å²) in [6.45, 7) is 7.28. The second kappa shape index (κ2) is 6.27. The maximum atomic E-state index is 12.4. The van der Waals surface area contributed by atoms with Gasteiger partial charge in [-0.05, 0) is 55.3 Å². The first-order valence-corrected chi connectivity index (χ1v) is 10.3. The summed E-state index contributed by atoms with van der Waals surface area (Å²) in [5.41, 5.74) is 0.418. The van der Waals surface area contributed by atoms with E-state index in [1.165, 1.54) is 0 Å². The van der Waals surface area contributed by atoms with Crippen molar-refractivity contribution >= 4 is 48.7 Å². The van der Waals surface area contributed by atoms with Gasteiger partial charge in [-0.25, -0.2) is 9.78 Å². The zero-order valence-electron chi connectivity index (χ0n) is 15.3. The number of piperidine rings is 1. The van der Waals surface area contributed by atoms with E-state index >= 15 is 0 Å². The summed E-state index contributed by atoms with van der Waals surface area (Å²) in [6, 6.07) is 4.30. The minimum atomic E-state index is -0.462. The highest BCUT2D eigenvalue weighted by molar-refractivity contribution is 9.10. The summed E-state index contributed by atoms with van der Waals surface area (Å²) in [4.78, 5) is 21.4. The van der Waals surface area contributed by atoms with Gasteiger partial charge in [0.2, 0.25) is 0 Å². The molecule has 2 aromatic rings. The number of anilines is 1. The topological polar surface area (TPSA) is 54.9 Å². The van der Waals surface area contributed by atoms with Gasteiger partial charge in [0.15, 0.2) is 5.13 Å². The van der Waals surface area contributed by atoms with Crippen LogP contribution < -0.4 is 9.64 Å². The van der Waals surface area contributed by atoms with Crippen LogP contribution in [0.1, 0.15) is 27.2 Å². The molecule has 5 rings (SSSR count). The van der Waals surface area contributed by atoms with Crippen LogP contribution in [-0.2, 0) is 4.74 Å². The number of amides is 1. The van der Waals surface area contributed by atoms with Crippen LogP contribution in [0, 0.1) is 0 Å².